The molecule has 0 atom stereocenters. The van der Waals surface area contributed by atoms with Crippen LogP contribution in [0.15, 0.2) is 41.3 Å². The first kappa shape index (κ1) is 15.0. The first-order chi connectivity index (χ1) is 11.7. The monoisotopic (exact) mass is 322 g/mol. The van der Waals surface area contributed by atoms with Gasteiger partial charge in [0.2, 0.25) is 0 Å². The Morgan fingerprint density at radius 3 is 2.79 bits per heavy atom. The molecule has 3 aromatic rings. The summed E-state index contributed by atoms with van der Waals surface area (Å²) in [5, 5.41) is 1.18. The average Bonchev–Trinajstić information content (AvgIpc) is 3.03. The maximum atomic E-state index is 12.1. The number of nitrogens with two attached hydrogens (primary N) is 1. The standard InChI is InChI=1S/C19H22N4O/c20-14-9-16(19(24)21-11-14)18-10-15-13(5-4-6-17(15)22-18)12-23-7-2-1-3-8-23/h4-6,9-11,22H,1-3,7-8,12,20H2,(H,21,24). The Bertz CT molecular complexity index is 919. The zero-order valence-electron chi connectivity index (χ0n) is 13.6. The third-order valence-corrected chi connectivity index (χ3v) is 4.81. The Balaban J connectivity index is 1.74. The van der Waals surface area contributed by atoms with E-state index in [9.17, 15) is 4.79 Å². The molecule has 1 saturated heterocycles. The van der Waals surface area contributed by atoms with Gasteiger partial charge in [-0.3, -0.25) is 9.69 Å². The lowest BCUT2D eigenvalue weighted by Crippen LogP contribution is -2.29. The minimum atomic E-state index is -0.131. The number of anilines is 1. The number of likely N-dealkylation sites (tertiary alicyclic amines) is 1. The molecule has 124 valence electrons. The second kappa shape index (κ2) is 6.17. The van der Waals surface area contributed by atoms with E-state index in [2.05, 4.69) is 39.1 Å². The van der Waals surface area contributed by atoms with Crippen LogP contribution in [0.4, 0.5) is 5.69 Å². The second-order valence-corrected chi connectivity index (χ2v) is 6.57. The number of hydrogen-bond donors (Lipinski definition) is 3. The van der Waals surface area contributed by atoms with E-state index in [1.54, 1.807) is 6.07 Å². The van der Waals surface area contributed by atoms with Gasteiger partial charge < -0.3 is 15.7 Å². The van der Waals surface area contributed by atoms with Crippen LogP contribution in [0.5, 0.6) is 0 Å². The fraction of sp³-hybridized carbons (Fsp3) is 0.316. The summed E-state index contributed by atoms with van der Waals surface area (Å²) in [5.41, 5.74) is 9.99. The smallest absolute Gasteiger partial charge is 0.257 e. The fourth-order valence-electron chi connectivity index (χ4n) is 3.56. The number of aromatic nitrogens is 2. The number of pyridine rings is 1. The summed E-state index contributed by atoms with van der Waals surface area (Å²) >= 11 is 0. The predicted molar refractivity (Wildman–Crippen MR) is 97.9 cm³/mol. The number of rotatable bonds is 3. The summed E-state index contributed by atoms with van der Waals surface area (Å²) in [5.74, 6) is 0. The highest BCUT2D eigenvalue weighted by Gasteiger charge is 2.14. The van der Waals surface area contributed by atoms with Gasteiger partial charge >= 0.3 is 0 Å². The molecule has 0 unspecified atom stereocenters. The first-order valence-electron chi connectivity index (χ1n) is 8.52. The number of nitrogens with one attached hydrogen (secondary N) is 2. The van der Waals surface area contributed by atoms with Crippen LogP contribution >= 0.6 is 0 Å². The summed E-state index contributed by atoms with van der Waals surface area (Å²) in [6.45, 7) is 3.30. The highest BCUT2D eigenvalue weighted by Crippen LogP contribution is 2.27. The number of piperidine rings is 1. The van der Waals surface area contributed by atoms with Crippen LogP contribution < -0.4 is 11.3 Å². The van der Waals surface area contributed by atoms with Crippen molar-refractivity contribution in [2.75, 3.05) is 18.8 Å². The number of H-pyrrole nitrogens is 2. The lowest BCUT2D eigenvalue weighted by molar-refractivity contribution is 0.221. The molecule has 1 aliphatic heterocycles. The highest BCUT2D eigenvalue weighted by molar-refractivity contribution is 5.88. The maximum Gasteiger partial charge on any atom is 0.257 e. The minimum absolute atomic E-state index is 0.131. The molecule has 1 aliphatic rings. The zero-order chi connectivity index (χ0) is 16.5. The largest absolute Gasteiger partial charge is 0.398 e. The number of nitrogens with zero attached hydrogens (tertiary/aromatic N) is 1. The van der Waals surface area contributed by atoms with Gasteiger partial charge in [0.15, 0.2) is 0 Å². The topological polar surface area (TPSA) is 77.9 Å². The van der Waals surface area contributed by atoms with Crippen LogP contribution in [-0.4, -0.2) is 28.0 Å². The van der Waals surface area contributed by atoms with Crippen LogP contribution in [0.25, 0.3) is 22.2 Å². The molecule has 4 N–H and O–H groups in total. The van der Waals surface area contributed by atoms with E-state index in [4.69, 9.17) is 5.73 Å². The summed E-state index contributed by atoms with van der Waals surface area (Å²) < 4.78 is 0. The SMILES string of the molecule is Nc1c[nH]c(=O)c(-c2cc3c(CN4CCCCC4)cccc3[nH]2)c1. The molecular weight excluding hydrogens is 300 g/mol. The van der Waals surface area contributed by atoms with E-state index in [-0.39, 0.29) is 5.56 Å². The van der Waals surface area contributed by atoms with Crippen molar-refractivity contribution >= 4 is 16.6 Å². The average molecular weight is 322 g/mol. The number of aromatic amines is 2. The van der Waals surface area contributed by atoms with Crippen LogP contribution in [0, 0.1) is 0 Å². The van der Waals surface area contributed by atoms with Crippen molar-refractivity contribution in [3.63, 3.8) is 0 Å². The third-order valence-electron chi connectivity index (χ3n) is 4.81. The molecule has 4 rings (SSSR count). The maximum absolute atomic E-state index is 12.1. The van der Waals surface area contributed by atoms with Gasteiger partial charge in [-0.25, -0.2) is 0 Å². The molecule has 1 aromatic carbocycles. The van der Waals surface area contributed by atoms with Crippen molar-refractivity contribution in [1.29, 1.82) is 0 Å². The van der Waals surface area contributed by atoms with Crippen molar-refractivity contribution in [1.82, 2.24) is 14.9 Å². The molecular formula is C19H22N4O. The summed E-state index contributed by atoms with van der Waals surface area (Å²) in [6, 6.07) is 10.1. The predicted octanol–water partition coefficient (Wildman–Crippen LogP) is 3.09. The van der Waals surface area contributed by atoms with Crippen molar-refractivity contribution in [3.8, 4) is 11.3 Å². The molecule has 1 fully saturated rings. The lowest BCUT2D eigenvalue weighted by atomic mass is 10.1. The van der Waals surface area contributed by atoms with Crippen molar-refractivity contribution in [2.24, 2.45) is 0 Å². The van der Waals surface area contributed by atoms with Gasteiger partial charge in [0.05, 0.1) is 11.3 Å². The van der Waals surface area contributed by atoms with Crippen LogP contribution in [-0.2, 0) is 6.54 Å². The van der Waals surface area contributed by atoms with Gasteiger partial charge in [-0.1, -0.05) is 18.6 Å². The van der Waals surface area contributed by atoms with E-state index in [0.717, 1.165) is 17.8 Å². The van der Waals surface area contributed by atoms with E-state index in [1.807, 2.05) is 0 Å². The number of hydrogen-bond acceptors (Lipinski definition) is 3. The molecule has 0 aliphatic carbocycles. The van der Waals surface area contributed by atoms with E-state index in [1.165, 1.54) is 49.5 Å². The summed E-state index contributed by atoms with van der Waals surface area (Å²) in [4.78, 5) is 20.7. The Kier molecular flexibility index (Phi) is 3.86. The van der Waals surface area contributed by atoms with Crippen molar-refractivity contribution in [2.45, 2.75) is 25.8 Å². The van der Waals surface area contributed by atoms with Crippen molar-refractivity contribution < 1.29 is 0 Å². The number of fused-ring (bicyclic) bond motifs is 1. The van der Waals surface area contributed by atoms with Crippen molar-refractivity contribution in [3.05, 3.63) is 52.4 Å². The second-order valence-electron chi connectivity index (χ2n) is 6.57. The summed E-state index contributed by atoms with van der Waals surface area (Å²) in [6.07, 6.45) is 5.43. The molecule has 3 heterocycles. The van der Waals surface area contributed by atoms with Gasteiger partial charge in [-0.05, 0) is 49.7 Å². The van der Waals surface area contributed by atoms with E-state index in [0.29, 0.717) is 11.3 Å². The highest BCUT2D eigenvalue weighted by atomic mass is 16.1. The third kappa shape index (κ3) is 2.83. The van der Waals surface area contributed by atoms with Gasteiger partial charge in [-0.15, -0.1) is 0 Å². The lowest BCUT2D eigenvalue weighted by Gasteiger charge is -2.26. The zero-order valence-corrected chi connectivity index (χ0v) is 13.6. The van der Waals surface area contributed by atoms with Crippen LogP contribution in [0.1, 0.15) is 24.8 Å². The molecule has 2 aromatic heterocycles. The molecule has 0 amide bonds. The molecule has 5 nitrogen and oxygen atoms in total. The quantitative estimate of drug-likeness (QED) is 0.693. The Labute approximate surface area is 140 Å². The minimum Gasteiger partial charge on any atom is -0.398 e. The van der Waals surface area contributed by atoms with Gasteiger partial charge in [0, 0.05) is 29.3 Å². The Hall–Kier alpha value is -2.53. The van der Waals surface area contributed by atoms with E-state index >= 15 is 0 Å². The molecule has 5 heteroatoms. The summed E-state index contributed by atoms with van der Waals surface area (Å²) in [7, 11) is 0. The van der Waals surface area contributed by atoms with Gasteiger partial charge in [0.25, 0.3) is 5.56 Å². The number of nitrogen functional groups attached to an aromatic ring is 1. The van der Waals surface area contributed by atoms with Gasteiger partial charge in [0.1, 0.15) is 0 Å². The first-order valence-corrected chi connectivity index (χ1v) is 8.52. The molecule has 0 spiro atoms. The molecule has 24 heavy (non-hydrogen) atoms. The fourth-order valence-corrected chi connectivity index (χ4v) is 3.56. The Morgan fingerprint density at radius 2 is 1.96 bits per heavy atom. The molecule has 0 radical (unpaired) electrons. The van der Waals surface area contributed by atoms with E-state index < -0.39 is 0 Å². The normalized spacial score (nSPS) is 15.8. The molecule has 0 saturated carbocycles. The van der Waals surface area contributed by atoms with Crippen LogP contribution in [0.2, 0.25) is 0 Å². The van der Waals surface area contributed by atoms with Crippen LogP contribution in [0.3, 0.4) is 0 Å². The molecule has 0 bridgehead atoms. The Morgan fingerprint density at radius 1 is 1.12 bits per heavy atom. The number of benzene rings is 1. The van der Waals surface area contributed by atoms with Gasteiger partial charge in [-0.2, -0.15) is 0 Å².